The Kier molecular flexibility index (Phi) is 15.1. The van der Waals surface area contributed by atoms with Gasteiger partial charge in [0.15, 0.2) is 0 Å². The Bertz CT molecular complexity index is 491. The zero-order valence-electron chi connectivity index (χ0n) is 19.3. The predicted octanol–water partition coefficient (Wildman–Crippen LogP) is 8.93. The van der Waals surface area contributed by atoms with Crippen molar-refractivity contribution in [2.45, 2.75) is 136 Å². The van der Waals surface area contributed by atoms with Crippen LogP contribution in [0.15, 0.2) is 12.1 Å². The van der Waals surface area contributed by atoms with Gasteiger partial charge in [-0.3, -0.25) is 0 Å². The number of phenolic OH excluding ortho intramolecular Hbond substituents is 1. The molecule has 28 heavy (non-hydrogen) atoms. The van der Waals surface area contributed by atoms with E-state index in [1.807, 2.05) is 6.07 Å². The van der Waals surface area contributed by atoms with Crippen molar-refractivity contribution in [3.05, 3.63) is 28.8 Å². The monoisotopic (exact) mass is 388 g/mol. The highest BCUT2D eigenvalue weighted by molar-refractivity contribution is 5.45. The average Bonchev–Trinajstić information content (AvgIpc) is 2.70. The first-order chi connectivity index (χ1) is 13.7. The van der Waals surface area contributed by atoms with Crippen molar-refractivity contribution >= 4 is 0 Å². The molecule has 0 radical (unpaired) electrons. The Morgan fingerprint density at radius 2 is 1.00 bits per heavy atom. The largest absolute Gasteiger partial charge is 0.508 e. The molecule has 0 spiro atoms. The third kappa shape index (κ3) is 10.5. The SMILES string of the molecule is CCCCCCCCCc1ccc(O)c(CCC)c1CCCCCCCCC. The topological polar surface area (TPSA) is 20.2 Å². The van der Waals surface area contributed by atoms with Crippen LogP contribution in [0.5, 0.6) is 5.75 Å². The van der Waals surface area contributed by atoms with Gasteiger partial charge in [-0.05, 0) is 54.9 Å². The maximum Gasteiger partial charge on any atom is 0.119 e. The number of phenols is 1. The van der Waals surface area contributed by atoms with Crippen LogP contribution in [0, 0.1) is 0 Å². The van der Waals surface area contributed by atoms with Crippen molar-refractivity contribution in [2.75, 3.05) is 0 Å². The minimum atomic E-state index is 0.531. The normalized spacial score (nSPS) is 11.2. The maximum absolute atomic E-state index is 10.4. The molecule has 0 atom stereocenters. The Morgan fingerprint density at radius 1 is 0.500 bits per heavy atom. The number of hydrogen-bond donors (Lipinski definition) is 1. The van der Waals surface area contributed by atoms with Gasteiger partial charge in [0, 0.05) is 0 Å². The van der Waals surface area contributed by atoms with Gasteiger partial charge in [0.05, 0.1) is 0 Å². The lowest BCUT2D eigenvalue weighted by atomic mass is 9.90. The standard InChI is InChI=1S/C27H48O/c1-4-7-9-11-13-15-17-20-24-22-23-27(28)26(19-6-3)25(24)21-18-16-14-12-10-8-5-2/h22-23,28H,4-21H2,1-3H3. The molecule has 0 unspecified atom stereocenters. The van der Waals surface area contributed by atoms with Crippen LogP contribution in [0.3, 0.4) is 0 Å². The minimum absolute atomic E-state index is 0.531. The smallest absolute Gasteiger partial charge is 0.119 e. The van der Waals surface area contributed by atoms with E-state index in [0.717, 1.165) is 19.3 Å². The fourth-order valence-corrected chi connectivity index (χ4v) is 4.34. The van der Waals surface area contributed by atoms with Crippen LogP contribution in [0.4, 0.5) is 0 Å². The summed E-state index contributed by atoms with van der Waals surface area (Å²) < 4.78 is 0. The highest BCUT2D eigenvalue weighted by Crippen LogP contribution is 2.29. The summed E-state index contributed by atoms with van der Waals surface area (Å²) in [6.07, 6.45) is 23.5. The fourth-order valence-electron chi connectivity index (χ4n) is 4.34. The van der Waals surface area contributed by atoms with Crippen LogP contribution in [0.2, 0.25) is 0 Å². The molecule has 0 fully saturated rings. The van der Waals surface area contributed by atoms with Crippen LogP contribution in [-0.4, -0.2) is 5.11 Å². The van der Waals surface area contributed by atoms with E-state index in [1.54, 1.807) is 0 Å². The lowest BCUT2D eigenvalue weighted by Gasteiger charge is -2.17. The zero-order chi connectivity index (χ0) is 20.5. The molecule has 1 N–H and O–H groups in total. The van der Waals surface area contributed by atoms with Gasteiger partial charge < -0.3 is 5.11 Å². The van der Waals surface area contributed by atoms with Crippen LogP contribution >= 0.6 is 0 Å². The molecule has 1 nitrogen and oxygen atoms in total. The molecule has 0 aliphatic carbocycles. The summed E-state index contributed by atoms with van der Waals surface area (Å²) in [6, 6.07) is 4.16. The molecule has 1 aromatic carbocycles. The summed E-state index contributed by atoms with van der Waals surface area (Å²) in [5, 5.41) is 10.4. The lowest BCUT2D eigenvalue weighted by Crippen LogP contribution is -2.02. The van der Waals surface area contributed by atoms with Gasteiger partial charge >= 0.3 is 0 Å². The number of aryl methyl sites for hydroxylation is 1. The van der Waals surface area contributed by atoms with Crippen LogP contribution in [0.25, 0.3) is 0 Å². The third-order valence-corrected chi connectivity index (χ3v) is 6.08. The van der Waals surface area contributed by atoms with E-state index in [-0.39, 0.29) is 0 Å². The van der Waals surface area contributed by atoms with Gasteiger partial charge in [-0.1, -0.05) is 110 Å². The third-order valence-electron chi connectivity index (χ3n) is 6.08. The summed E-state index contributed by atoms with van der Waals surface area (Å²) in [5.41, 5.74) is 4.25. The van der Waals surface area contributed by atoms with Crippen molar-refractivity contribution in [3.8, 4) is 5.75 Å². The zero-order valence-corrected chi connectivity index (χ0v) is 19.3. The molecule has 0 saturated heterocycles. The molecular weight excluding hydrogens is 340 g/mol. The summed E-state index contributed by atoms with van der Waals surface area (Å²) in [6.45, 7) is 6.79. The Balaban J connectivity index is 2.53. The van der Waals surface area contributed by atoms with Gasteiger partial charge in [0.25, 0.3) is 0 Å². The first-order valence-corrected chi connectivity index (χ1v) is 12.6. The minimum Gasteiger partial charge on any atom is -0.508 e. The second-order valence-electron chi connectivity index (χ2n) is 8.69. The van der Waals surface area contributed by atoms with Crippen molar-refractivity contribution in [2.24, 2.45) is 0 Å². The second kappa shape index (κ2) is 16.9. The second-order valence-corrected chi connectivity index (χ2v) is 8.69. The average molecular weight is 389 g/mol. The molecule has 162 valence electrons. The number of aromatic hydroxyl groups is 1. The molecule has 0 aliphatic heterocycles. The van der Waals surface area contributed by atoms with Gasteiger partial charge in [-0.15, -0.1) is 0 Å². The number of rotatable bonds is 18. The quantitative estimate of drug-likeness (QED) is 0.249. The van der Waals surface area contributed by atoms with E-state index in [0.29, 0.717) is 5.75 Å². The van der Waals surface area contributed by atoms with Crippen molar-refractivity contribution in [1.29, 1.82) is 0 Å². The van der Waals surface area contributed by atoms with E-state index >= 15 is 0 Å². The fraction of sp³-hybridized carbons (Fsp3) is 0.778. The highest BCUT2D eigenvalue weighted by Gasteiger charge is 2.12. The molecule has 1 rings (SSSR count). The van der Waals surface area contributed by atoms with Gasteiger partial charge in [-0.2, -0.15) is 0 Å². The van der Waals surface area contributed by atoms with E-state index in [1.165, 1.54) is 113 Å². The van der Waals surface area contributed by atoms with E-state index < -0.39 is 0 Å². The number of unbranched alkanes of at least 4 members (excludes halogenated alkanes) is 12. The van der Waals surface area contributed by atoms with Crippen LogP contribution in [0.1, 0.15) is 134 Å². The molecule has 1 aromatic rings. The van der Waals surface area contributed by atoms with Crippen LogP contribution < -0.4 is 0 Å². The van der Waals surface area contributed by atoms with Gasteiger partial charge in [-0.25, -0.2) is 0 Å². The molecule has 0 aliphatic rings. The molecule has 0 saturated carbocycles. The Labute approximate surface area is 176 Å². The van der Waals surface area contributed by atoms with Crippen molar-refractivity contribution in [1.82, 2.24) is 0 Å². The molecule has 0 aromatic heterocycles. The Morgan fingerprint density at radius 3 is 1.54 bits per heavy atom. The maximum atomic E-state index is 10.4. The van der Waals surface area contributed by atoms with Crippen molar-refractivity contribution < 1.29 is 5.11 Å². The predicted molar refractivity (Wildman–Crippen MR) is 125 cm³/mol. The molecule has 0 bridgehead atoms. The summed E-state index contributed by atoms with van der Waals surface area (Å²) in [5.74, 6) is 0.531. The van der Waals surface area contributed by atoms with E-state index in [9.17, 15) is 5.11 Å². The van der Waals surface area contributed by atoms with E-state index in [4.69, 9.17) is 0 Å². The van der Waals surface area contributed by atoms with Crippen molar-refractivity contribution in [3.63, 3.8) is 0 Å². The molecular formula is C27H48O. The first kappa shape index (κ1) is 25.1. The summed E-state index contributed by atoms with van der Waals surface area (Å²) in [4.78, 5) is 0. The summed E-state index contributed by atoms with van der Waals surface area (Å²) in [7, 11) is 0. The van der Waals surface area contributed by atoms with Gasteiger partial charge in [0.2, 0.25) is 0 Å². The first-order valence-electron chi connectivity index (χ1n) is 12.6. The molecule has 1 heteroatoms. The van der Waals surface area contributed by atoms with E-state index in [2.05, 4.69) is 26.8 Å². The molecule has 0 amide bonds. The number of hydrogen-bond acceptors (Lipinski definition) is 1. The highest BCUT2D eigenvalue weighted by atomic mass is 16.3. The number of benzene rings is 1. The summed E-state index contributed by atoms with van der Waals surface area (Å²) >= 11 is 0. The van der Waals surface area contributed by atoms with Crippen LogP contribution in [-0.2, 0) is 19.3 Å². The lowest BCUT2D eigenvalue weighted by molar-refractivity contribution is 0.465. The molecule has 0 heterocycles. The Hall–Kier alpha value is -0.980. The van der Waals surface area contributed by atoms with Gasteiger partial charge in [0.1, 0.15) is 5.75 Å².